The van der Waals surface area contributed by atoms with Crippen LogP contribution in [0.25, 0.3) is 11.3 Å². The summed E-state index contributed by atoms with van der Waals surface area (Å²) in [7, 11) is 0. The maximum Gasteiger partial charge on any atom is 0.0924 e. The highest BCUT2D eigenvalue weighted by atomic mass is 15.1. The number of hydrogen-bond acceptors (Lipinski definition) is 3. The lowest BCUT2D eigenvalue weighted by molar-refractivity contribution is 0.453. The van der Waals surface area contributed by atoms with Crippen LogP contribution in [0.5, 0.6) is 0 Å². The van der Waals surface area contributed by atoms with Crippen molar-refractivity contribution < 1.29 is 0 Å². The van der Waals surface area contributed by atoms with Gasteiger partial charge in [0.1, 0.15) is 0 Å². The van der Waals surface area contributed by atoms with E-state index in [0.717, 1.165) is 35.7 Å². The molecule has 0 spiro atoms. The molecule has 3 heterocycles. The van der Waals surface area contributed by atoms with E-state index in [0.29, 0.717) is 5.92 Å². The van der Waals surface area contributed by atoms with Gasteiger partial charge in [-0.05, 0) is 58.0 Å². The zero-order valence-electron chi connectivity index (χ0n) is 11.5. The van der Waals surface area contributed by atoms with E-state index >= 15 is 0 Å². The minimum Gasteiger partial charge on any atom is -0.317 e. The molecule has 0 atom stereocenters. The van der Waals surface area contributed by atoms with Crippen LogP contribution in [0.3, 0.4) is 0 Å². The summed E-state index contributed by atoms with van der Waals surface area (Å²) in [4.78, 5) is 4.41. The van der Waals surface area contributed by atoms with Crippen LogP contribution < -0.4 is 5.32 Å². The van der Waals surface area contributed by atoms with Gasteiger partial charge in [-0.3, -0.25) is 10.1 Å². The quantitative estimate of drug-likeness (QED) is 0.868. The smallest absolute Gasteiger partial charge is 0.0924 e. The molecule has 0 radical (unpaired) electrons. The number of hydrogen-bond donors (Lipinski definition) is 2. The second kappa shape index (κ2) is 5.13. The van der Waals surface area contributed by atoms with Crippen LogP contribution in [-0.4, -0.2) is 28.3 Å². The number of nitrogens with zero attached hydrogens (tertiary/aromatic N) is 2. The van der Waals surface area contributed by atoms with Crippen molar-refractivity contribution in [2.24, 2.45) is 0 Å². The summed E-state index contributed by atoms with van der Waals surface area (Å²) in [6.07, 6.45) is 2.38. The Balaban J connectivity index is 1.87. The van der Waals surface area contributed by atoms with Gasteiger partial charge in [-0.1, -0.05) is 0 Å². The van der Waals surface area contributed by atoms with E-state index in [1.54, 1.807) is 0 Å². The van der Waals surface area contributed by atoms with E-state index < -0.39 is 0 Å². The van der Waals surface area contributed by atoms with Crippen molar-refractivity contribution in [1.82, 2.24) is 20.5 Å². The number of rotatable bonds is 2. The molecule has 0 amide bonds. The van der Waals surface area contributed by atoms with Crippen molar-refractivity contribution in [3.8, 4) is 11.3 Å². The first kappa shape index (κ1) is 12.4. The molecule has 3 rings (SSSR count). The number of aryl methyl sites for hydroxylation is 2. The summed E-state index contributed by atoms with van der Waals surface area (Å²) < 4.78 is 0. The number of H-pyrrole nitrogens is 1. The summed E-state index contributed by atoms with van der Waals surface area (Å²) in [6, 6.07) is 6.38. The second-order valence-corrected chi connectivity index (χ2v) is 5.37. The van der Waals surface area contributed by atoms with E-state index in [-0.39, 0.29) is 0 Å². The molecule has 2 aromatic heterocycles. The molecule has 100 valence electrons. The third kappa shape index (κ3) is 2.68. The van der Waals surface area contributed by atoms with Gasteiger partial charge in [-0.25, -0.2) is 0 Å². The first-order valence-electron chi connectivity index (χ1n) is 6.94. The Morgan fingerprint density at radius 1 is 1.05 bits per heavy atom. The van der Waals surface area contributed by atoms with Crippen molar-refractivity contribution in [2.45, 2.75) is 32.6 Å². The van der Waals surface area contributed by atoms with Crippen LogP contribution in [-0.2, 0) is 0 Å². The predicted octanol–water partition coefficient (Wildman–Crippen LogP) is 2.56. The van der Waals surface area contributed by atoms with Gasteiger partial charge in [-0.2, -0.15) is 5.10 Å². The van der Waals surface area contributed by atoms with Gasteiger partial charge in [0, 0.05) is 28.6 Å². The molecule has 1 aliphatic rings. The van der Waals surface area contributed by atoms with E-state index in [9.17, 15) is 0 Å². The highest BCUT2D eigenvalue weighted by molar-refractivity contribution is 5.60. The number of pyridine rings is 1. The minimum atomic E-state index is 0.617. The number of nitrogens with one attached hydrogen (secondary N) is 2. The largest absolute Gasteiger partial charge is 0.317 e. The molecule has 0 saturated carbocycles. The second-order valence-electron chi connectivity index (χ2n) is 5.37. The molecule has 1 saturated heterocycles. The van der Waals surface area contributed by atoms with E-state index in [4.69, 9.17) is 0 Å². The molecule has 0 aromatic carbocycles. The standard InChI is InChI=1S/C15H20N4/c1-10-7-13(8-11(2)17-10)15-9-14(18-19-15)12-3-5-16-6-4-12/h7-9,12,16H,3-6H2,1-2H3,(H,18,19). The molecule has 0 bridgehead atoms. The fourth-order valence-electron chi connectivity index (χ4n) is 2.81. The maximum absolute atomic E-state index is 4.47. The summed E-state index contributed by atoms with van der Waals surface area (Å²) >= 11 is 0. The van der Waals surface area contributed by atoms with Crippen LogP contribution in [0.15, 0.2) is 18.2 Å². The third-order valence-corrected chi connectivity index (χ3v) is 3.75. The van der Waals surface area contributed by atoms with Gasteiger partial charge in [0.15, 0.2) is 0 Å². The molecular formula is C15H20N4. The van der Waals surface area contributed by atoms with Crippen molar-refractivity contribution >= 4 is 0 Å². The lowest BCUT2D eigenvalue weighted by Gasteiger charge is -2.20. The Kier molecular flexibility index (Phi) is 3.34. The molecule has 0 aliphatic carbocycles. The van der Waals surface area contributed by atoms with Crippen molar-refractivity contribution in [3.05, 3.63) is 35.3 Å². The Hall–Kier alpha value is -1.68. The highest BCUT2D eigenvalue weighted by Gasteiger charge is 2.17. The Morgan fingerprint density at radius 2 is 1.74 bits per heavy atom. The first-order valence-corrected chi connectivity index (χ1v) is 6.94. The number of aromatic amines is 1. The summed E-state index contributed by atoms with van der Waals surface area (Å²) in [5.74, 6) is 0.617. The molecule has 2 aromatic rings. The third-order valence-electron chi connectivity index (χ3n) is 3.75. The number of aromatic nitrogens is 3. The topological polar surface area (TPSA) is 53.6 Å². The Labute approximate surface area is 113 Å². The number of piperidine rings is 1. The highest BCUT2D eigenvalue weighted by Crippen LogP contribution is 2.27. The van der Waals surface area contributed by atoms with E-state index in [1.165, 1.54) is 18.5 Å². The molecule has 19 heavy (non-hydrogen) atoms. The lowest BCUT2D eigenvalue weighted by atomic mass is 9.94. The summed E-state index contributed by atoms with van der Waals surface area (Å²) in [5.41, 5.74) is 5.54. The molecular weight excluding hydrogens is 236 g/mol. The minimum absolute atomic E-state index is 0.617. The molecule has 0 unspecified atom stereocenters. The maximum atomic E-state index is 4.47. The van der Waals surface area contributed by atoms with Crippen LogP contribution in [0, 0.1) is 13.8 Å². The van der Waals surface area contributed by atoms with Gasteiger partial charge in [0.2, 0.25) is 0 Å². The fourth-order valence-corrected chi connectivity index (χ4v) is 2.81. The zero-order chi connectivity index (χ0) is 13.2. The average Bonchev–Trinajstić information content (AvgIpc) is 2.88. The molecule has 4 heteroatoms. The first-order chi connectivity index (χ1) is 9.22. The van der Waals surface area contributed by atoms with Crippen LogP contribution in [0.1, 0.15) is 35.8 Å². The van der Waals surface area contributed by atoms with Gasteiger partial charge >= 0.3 is 0 Å². The van der Waals surface area contributed by atoms with Crippen LogP contribution in [0.4, 0.5) is 0 Å². The normalized spacial score (nSPS) is 16.7. The fraction of sp³-hybridized carbons (Fsp3) is 0.467. The molecule has 1 aliphatic heterocycles. The monoisotopic (exact) mass is 256 g/mol. The van der Waals surface area contributed by atoms with Crippen molar-refractivity contribution in [1.29, 1.82) is 0 Å². The lowest BCUT2D eigenvalue weighted by Crippen LogP contribution is -2.26. The predicted molar refractivity (Wildman–Crippen MR) is 76.1 cm³/mol. The van der Waals surface area contributed by atoms with Gasteiger partial charge in [0.25, 0.3) is 0 Å². The Bertz CT molecular complexity index is 547. The van der Waals surface area contributed by atoms with Crippen LogP contribution in [0.2, 0.25) is 0 Å². The molecule has 1 fully saturated rings. The zero-order valence-corrected chi connectivity index (χ0v) is 11.5. The van der Waals surface area contributed by atoms with E-state index in [1.807, 2.05) is 13.8 Å². The van der Waals surface area contributed by atoms with Crippen molar-refractivity contribution in [2.75, 3.05) is 13.1 Å². The van der Waals surface area contributed by atoms with Crippen LogP contribution >= 0.6 is 0 Å². The summed E-state index contributed by atoms with van der Waals surface area (Å²) in [6.45, 7) is 6.26. The molecule has 4 nitrogen and oxygen atoms in total. The van der Waals surface area contributed by atoms with E-state index in [2.05, 4.69) is 38.7 Å². The summed E-state index contributed by atoms with van der Waals surface area (Å²) in [5, 5.41) is 11.1. The van der Waals surface area contributed by atoms with Gasteiger partial charge in [-0.15, -0.1) is 0 Å². The Morgan fingerprint density at radius 3 is 2.42 bits per heavy atom. The SMILES string of the molecule is Cc1cc(-c2cc(C3CCNCC3)[nH]n2)cc(C)n1. The van der Waals surface area contributed by atoms with Gasteiger partial charge < -0.3 is 5.32 Å². The van der Waals surface area contributed by atoms with Gasteiger partial charge in [0.05, 0.1) is 5.69 Å². The molecule has 2 N–H and O–H groups in total. The average molecular weight is 256 g/mol. The van der Waals surface area contributed by atoms with Crippen molar-refractivity contribution in [3.63, 3.8) is 0 Å².